The number of likely N-dealkylation sites (N-methyl/N-ethyl adjacent to an activating group) is 1. The molecule has 2 amide bonds. The number of carbonyl (C=O) groups is 2. The van der Waals surface area contributed by atoms with Crippen LogP contribution in [0.3, 0.4) is 0 Å². The number of benzene rings is 2. The number of ether oxygens (including phenoxy) is 1. The van der Waals surface area contributed by atoms with Crippen molar-refractivity contribution in [2.24, 2.45) is 0 Å². The minimum atomic E-state index is -0.565. The van der Waals surface area contributed by atoms with E-state index in [1.807, 2.05) is 54.6 Å². The highest BCUT2D eigenvalue weighted by molar-refractivity contribution is 5.87. The van der Waals surface area contributed by atoms with E-state index < -0.39 is 6.04 Å². The Kier molecular flexibility index (Phi) is 8.05. The fourth-order valence-corrected chi connectivity index (χ4v) is 3.09. The molecule has 0 aliphatic rings. The lowest BCUT2D eigenvalue weighted by Crippen LogP contribution is -2.49. The van der Waals surface area contributed by atoms with E-state index in [4.69, 9.17) is 4.74 Å². The van der Waals surface area contributed by atoms with Crippen LogP contribution in [0.4, 0.5) is 0 Å². The second-order valence-electron chi connectivity index (χ2n) is 7.09. The van der Waals surface area contributed by atoms with Crippen LogP contribution in [-0.4, -0.2) is 43.0 Å². The minimum absolute atomic E-state index is 0.0974. The maximum atomic E-state index is 12.9. The summed E-state index contributed by atoms with van der Waals surface area (Å²) in [7, 11) is 1.58. The van der Waals surface area contributed by atoms with Crippen molar-refractivity contribution >= 4 is 11.8 Å². The molecule has 0 fully saturated rings. The van der Waals surface area contributed by atoms with Crippen molar-refractivity contribution in [1.82, 2.24) is 10.2 Å². The van der Waals surface area contributed by atoms with Gasteiger partial charge < -0.3 is 15.0 Å². The molecule has 0 unspecified atom stereocenters. The number of hydrogen-bond acceptors (Lipinski definition) is 3. The van der Waals surface area contributed by atoms with Gasteiger partial charge in [-0.2, -0.15) is 0 Å². The Morgan fingerprint density at radius 3 is 2.29 bits per heavy atom. The molecular formula is C23H30N2O3. The summed E-state index contributed by atoms with van der Waals surface area (Å²) in [5.41, 5.74) is 2.18. The first kappa shape index (κ1) is 21.5. The smallest absolute Gasteiger partial charge is 0.261 e. The molecule has 0 saturated carbocycles. The lowest BCUT2D eigenvalue weighted by molar-refractivity contribution is -0.141. The van der Waals surface area contributed by atoms with Crippen molar-refractivity contribution in [3.8, 4) is 5.75 Å². The second kappa shape index (κ2) is 10.5. The number of nitrogens with one attached hydrogen (secondary N) is 1. The molecule has 0 radical (unpaired) electrons. The third kappa shape index (κ3) is 5.84. The fraction of sp³-hybridized carbons (Fsp3) is 0.391. The minimum Gasteiger partial charge on any atom is -0.483 e. The van der Waals surface area contributed by atoms with Gasteiger partial charge in [0.15, 0.2) is 6.61 Å². The maximum Gasteiger partial charge on any atom is 0.261 e. The van der Waals surface area contributed by atoms with Crippen molar-refractivity contribution in [3.63, 3.8) is 0 Å². The van der Waals surface area contributed by atoms with Crippen LogP contribution in [0.25, 0.3) is 0 Å². The van der Waals surface area contributed by atoms with Crippen molar-refractivity contribution in [2.45, 2.75) is 39.2 Å². The topological polar surface area (TPSA) is 58.6 Å². The Morgan fingerprint density at radius 2 is 1.64 bits per heavy atom. The highest BCUT2D eigenvalue weighted by Gasteiger charge is 2.25. The van der Waals surface area contributed by atoms with Crippen LogP contribution < -0.4 is 10.1 Å². The normalized spacial score (nSPS) is 11.8. The van der Waals surface area contributed by atoms with Crippen LogP contribution in [0.5, 0.6) is 5.75 Å². The quantitative estimate of drug-likeness (QED) is 0.723. The van der Waals surface area contributed by atoms with Gasteiger partial charge in [0, 0.05) is 13.6 Å². The SMILES string of the molecule is CNC(=O)[C@@H](C)N(CCc1ccccc1)C(=O)COc1ccccc1C(C)C. The summed E-state index contributed by atoms with van der Waals surface area (Å²) in [5, 5.41) is 2.62. The molecule has 2 aromatic carbocycles. The zero-order chi connectivity index (χ0) is 20.5. The molecule has 28 heavy (non-hydrogen) atoms. The molecule has 2 aromatic rings. The number of rotatable bonds is 9. The molecule has 1 atom stereocenters. The first-order valence-corrected chi connectivity index (χ1v) is 9.70. The van der Waals surface area contributed by atoms with E-state index in [-0.39, 0.29) is 18.4 Å². The average molecular weight is 383 g/mol. The lowest BCUT2D eigenvalue weighted by Gasteiger charge is -2.28. The van der Waals surface area contributed by atoms with Gasteiger partial charge in [0.05, 0.1) is 0 Å². The standard InChI is InChI=1S/C23H30N2O3/c1-17(2)20-12-8-9-13-21(20)28-16-22(26)25(18(3)23(27)24-4)15-14-19-10-6-5-7-11-19/h5-13,17-18H,14-16H2,1-4H3,(H,24,27)/t18-/m1/s1. The van der Waals surface area contributed by atoms with Crippen molar-refractivity contribution in [3.05, 3.63) is 65.7 Å². The Bertz CT molecular complexity index is 774. The van der Waals surface area contributed by atoms with Crippen LogP contribution >= 0.6 is 0 Å². The Morgan fingerprint density at radius 1 is 1.00 bits per heavy atom. The summed E-state index contributed by atoms with van der Waals surface area (Å²) in [6.07, 6.45) is 0.677. The van der Waals surface area contributed by atoms with Gasteiger partial charge in [0.1, 0.15) is 11.8 Å². The molecule has 0 aliphatic carbocycles. The number of hydrogen-bond donors (Lipinski definition) is 1. The van der Waals surface area contributed by atoms with E-state index in [1.165, 1.54) is 0 Å². The van der Waals surface area contributed by atoms with Gasteiger partial charge in [-0.25, -0.2) is 0 Å². The van der Waals surface area contributed by atoms with Crippen LogP contribution in [0.1, 0.15) is 37.8 Å². The van der Waals surface area contributed by atoms with Crippen molar-refractivity contribution < 1.29 is 14.3 Å². The summed E-state index contributed by atoms with van der Waals surface area (Å²) < 4.78 is 5.83. The first-order chi connectivity index (χ1) is 13.4. The monoisotopic (exact) mass is 382 g/mol. The van der Waals surface area contributed by atoms with Crippen LogP contribution in [0.15, 0.2) is 54.6 Å². The highest BCUT2D eigenvalue weighted by atomic mass is 16.5. The molecule has 0 aromatic heterocycles. The van der Waals surface area contributed by atoms with Crippen molar-refractivity contribution in [2.75, 3.05) is 20.2 Å². The first-order valence-electron chi connectivity index (χ1n) is 9.70. The van der Waals surface area contributed by atoms with Gasteiger partial charge in [-0.3, -0.25) is 9.59 Å². The van der Waals surface area contributed by atoms with Crippen LogP contribution in [0.2, 0.25) is 0 Å². The van der Waals surface area contributed by atoms with E-state index in [9.17, 15) is 9.59 Å². The van der Waals surface area contributed by atoms with Gasteiger partial charge in [0.25, 0.3) is 5.91 Å². The molecule has 150 valence electrons. The fourth-order valence-electron chi connectivity index (χ4n) is 3.09. The Hall–Kier alpha value is -2.82. The van der Waals surface area contributed by atoms with Gasteiger partial charge in [0.2, 0.25) is 5.91 Å². The van der Waals surface area contributed by atoms with Gasteiger partial charge in [-0.15, -0.1) is 0 Å². The molecule has 0 saturated heterocycles. The predicted molar refractivity (Wildman–Crippen MR) is 111 cm³/mol. The third-order valence-electron chi connectivity index (χ3n) is 4.79. The molecule has 0 bridgehead atoms. The number of amides is 2. The zero-order valence-electron chi connectivity index (χ0n) is 17.1. The van der Waals surface area contributed by atoms with Crippen LogP contribution in [0, 0.1) is 0 Å². The van der Waals surface area contributed by atoms with Gasteiger partial charge in [-0.1, -0.05) is 62.4 Å². The Labute approximate surface area is 167 Å². The van der Waals surface area contributed by atoms with E-state index in [0.717, 1.165) is 11.1 Å². The third-order valence-corrected chi connectivity index (χ3v) is 4.79. The van der Waals surface area contributed by atoms with Crippen LogP contribution in [-0.2, 0) is 16.0 Å². The maximum absolute atomic E-state index is 12.9. The highest BCUT2D eigenvalue weighted by Crippen LogP contribution is 2.25. The average Bonchev–Trinajstić information content (AvgIpc) is 2.72. The molecule has 0 aliphatic heterocycles. The molecular weight excluding hydrogens is 352 g/mol. The lowest BCUT2D eigenvalue weighted by atomic mass is 10.0. The number of para-hydroxylation sites is 1. The molecule has 2 rings (SSSR count). The Balaban J connectivity index is 2.09. The molecule has 5 nitrogen and oxygen atoms in total. The van der Waals surface area contributed by atoms with E-state index in [1.54, 1.807) is 18.9 Å². The van der Waals surface area contributed by atoms with Gasteiger partial charge in [-0.05, 0) is 36.5 Å². The largest absolute Gasteiger partial charge is 0.483 e. The van der Waals surface area contributed by atoms with E-state index in [0.29, 0.717) is 24.6 Å². The summed E-state index contributed by atoms with van der Waals surface area (Å²) in [6, 6.07) is 17.1. The van der Waals surface area contributed by atoms with E-state index in [2.05, 4.69) is 19.2 Å². The number of nitrogens with zero attached hydrogens (tertiary/aromatic N) is 1. The molecule has 0 spiro atoms. The molecule has 1 N–H and O–H groups in total. The molecule has 0 heterocycles. The van der Waals surface area contributed by atoms with E-state index >= 15 is 0 Å². The second-order valence-corrected chi connectivity index (χ2v) is 7.09. The molecule has 5 heteroatoms. The predicted octanol–water partition coefficient (Wildman–Crippen LogP) is 3.39. The summed E-state index contributed by atoms with van der Waals surface area (Å²) >= 11 is 0. The zero-order valence-corrected chi connectivity index (χ0v) is 17.1. The van der Waals surface area contributed by atoms with Gasteiger partial charge >= 0.3 is 0 Å². The summed E-state index contributed by atoms with van der Waals surface area (Å²) in [6.45, 7) is 6.27. The summed E-state index contributed by atoms with van der Waals surface area (Å²) in [4.78, 5) is 26.6. The van der Waals surface area contributed by atoms with Crippen molar-refractivity contribution in [1.29, 1.82) is 0 Å². The summed E-state index contributed by atoms with van der Waals surface area (Å²) in [5.74, 6) is 0.612. The number of carbonyl (C=O) groups excluding carboxylic acids is 2.